The molecule has 0 saturated carbocycles. The number of halogens is 1. The summed E-state index contributed by atoms with van der Waals surface area (Å²) < 4.78 is 13.2. The van der Waals surface area contributed by atoms with E-state index in [2.05, 4.69) is 26.0 Å². The van der Waals surface area contributed by atoms with Crippen molar-refractivity contribution in [3.8, 4) is 0 Å². The summed E-state index contributed by atoms with van der Waals surface area (Å²) >= 11 is 1.55. The Morgan fingerprint density at radius 2 is 2.18 bits per heavy atom. The molecule has 2 aromatic heterocycles. The van der Waals surface area contributed by atoms with Gasteiger partial charge in [-0.1, -0.05) is 12.1 Å². The molecule has 0 spiro atoms. The van der Waals surface area contributed by atoms with E-state index >= 15 is 0 Å². The van der Waals surface area contributed by atoms with Crippen LogP contribution in [0.15, 0.2) is 41.8 Å². The zero-order chi connectivity index (χ0) is 15.4. The number of rotatable bonds is 5. The van der Waals surface area contributed by atoms with E-state index in [-0.39, 0.29) is 23.2 Å². The lowest BCUT2D eigenvalue weighted by atomic mass is 10.3. The molecule has 0 aliphatic rings. The van der Waals surface area contributed by atoms with Crippen LogP contribution >= 0.6 is 11.3 Å². The Morgan fingerprint density at radius 3 is 2.95 bits per heavy atom. The van der Waals surface area contributed by atoms with Crippen LogP contribution in [0.4, 0.5) is 15.9 Å². The maximum absolute atomic E-state index is 13.2. The van der Waals surface area contributed by atoms with E-state index in [0.29, 0.717) is 12.2 Å². The topological polar surface area (TPSA) is 82.7 Å². The van der Waals surface area contributed by atoms with E-state index in [4.69, 9.17) is 0 Å². The molecular weight excluding hydrogens is 305 g/mol. The first kappa shape index (κ1) is 14.2. The highest BCUT2D eigenvalue weighted by atomic mass is 32.1. The van der Waals surface area contributed by atoms with Gasteiger partial charge in [0.2, 0.25) is 0 Å². The number of H-pyrrole nitrogens is 1. The van der Waals surface area contributed by atoms with E-state index < -0.39 is 0 Å². The highest BCUT2D eigenvalue weighted by Crippen LogP contribution is 2.17. The molecule has 0 fully saturated rings. The Kier molecular flexibility index (Phi) is 4.10. The maximum Gasteiger partial charge on any atom is 0.276 e. The van der Waals surface area contributed by atoms with Gasteiger partial charge in [0.05, 0.1) is 6.54 Å². The van der Waals surface area contributed by atoms with Crippen LogP contribution in [-0.2, 0) is 6.54 Å². The molecule has 0 aliphatic carbocycles. The van der Waals surface area contributed by atoms with Crippen LogP contribution in [0.3, 0.4) is 0 Å². The second-order valence-electron chi connectivity index (χ2n) is 4.42. The number of benzene rings is 1. The average molecular weight is 317 g/mol. The molecule has 0 aliphatic heterocycles. The Morgan fingerprint density at radius 1 is 1.27 bits per heavy atom. The van der Waals surface area contributed by atoms with Crippen molar-refractivity contribution in [3.05, 3.63) is 58.2 Å². The highest BCUT2D eigenvalue weighted by Gasteiger charge is 2.16. The van der Waals surface area contributed by atoms with Crippen molar-refractivity contribution >= 4 is 28.7 Å². The predicted octanol–water partition coefficient (Wildman–Crippen LogP) is 2.68. The number of amides is 1. The molecule has 1 aromatic carbocycles. The third-order valence-corrected chi connectivity index (χ3v) is 3.73. The summed E-state index contributed by atoms with van der Waals surface area (Å²) in [7, 11) is 0. The van der Waals surface area contributed by atoms with E-state index in [9.17, 15) is 9.18 Å². The molecule has 3 N–H and O–H groups in total. The SMILES string of the molecule is O=C(NCc1cccs1)c1n[nH]nc1Nc1cccc(F)c1. The molecule has 3 aromatic rings. The molecule has 2 heterocycles. The number of nitrogens with one attached hydrogen (secondary N) is 3. The zero-order valence-electron chi connectivity index (χ0n) is 11.3. The average Bonchev–Trinajstić information content (AvgIpc) is 3.16. The van der Waals surface area contributed by atoms with Crippen molar-refractivity contribution in [1.82, 2.24) is 20.7 Å². The predicted molar refractivity (Wildman–Crippen MR) is 81.6 cm³/mol. The summed E-state index contributed by atoms with van der Waals surface area (Å²) in [5.41, 5.74) is 0.613. The maximum atomic E-state index is 13.2. The van der Waals surface area contributed by atoms with Crippen molar-refractivity contribution in [1.29, 1.82) is 0 Å². The number of anilines is 2. The molecular formula is C14H12FN5OS. The summed E-state index contributed by atoms with van der Waals surface area (Å²) in [6, 6.07) is 9.73. The van der Waals surface area contributed by atoms with E-state index in [0.717, 1.165) is 4.88 Å². The second-order valence-corrected chi connectivity index (χ2v) is 5.45. The van der Waals surface area contributed by atoms with Crippen LogP contribution in [0.2, 0.25) is 0 Å². The summed E-state index contributed by atoms with van der Waals surface area (Å²) in [4.78, 5) is 13.2. The van der Waals surface area contributed by atoms with Gasteiger partial charge in [-0.05, 0) is 29.6 Å². The van der Waals surface area contributed by atoms with Gasteiger partial charge in [-0.25, -0.2) is 4.39 Å². The minimum Gasteiger partial charge on any atom is -0.346 e. The van der Waals surface area contributed by atoms with Crippen LogP contribution in [0.25, 0.3) is 0 Å². The number of aromatic amines is 1. The first-order valence-electron chi connectivity index (χ1n) is 6.46. The molecule has 22 heavy (non-hydrogen) atoms. The van der Waals surface area contributed by atoms with Crippen LogP contribution in [-0.4, -0.2) is 21.3 Å². The summed E-state index contributed by atoms with van der Waals surface area (Å²) in [6.45, 7) is 0.419. The van der Waals surface area contributed by atoms with Gasteiger partial charge in [-0.3, -0.25) is 4.79 Å². The van der Waals surface area contributed by atoms with Gasteiger partial charge >= 0.3 is 0 Å². The molecule has 6 nitrogen and oxygen atoms in total. The van der Waals surface area contributed by atoms with Gasteiger partial charge in [0.1, 0.15) is 5.82 Å². The molecule has 8 heteroatoms. The molecule has 0 unspecified atom stereocenters. The van der Waals surface area contributed by atoms with Crippen LogP contribution in [0.5, 0.6) is 0 Å². The van der Waals surface area contributed by atoms with Gasteiger partial charge in [0.15, 0.2) is 11.5 Å². The van der Waals surface area contributed by atoms with Crippen LogP contribution < -0.4 is 10.6 Å². The van der Waals surface area contributed by atoms with E-state index in [1.165, 1.54) is 12.1 Å². The van der Waals surface area contributed by atoms with Gasteiger partial charge in [-0.15, -0.1) is 21.5 Å². The zero-order valence-corrected chi connectivity index (χ0v) is 12.2. The molecule has 1 amide bonds. The van der Waals surface area contributed by atoms with Gasteiger partial charge < -0.3 is 10.6 Å². The first-order valence-corrected chi connectivity index (χ1v) is 7.34. The fourth-order valence-corrected chi connectivity index (χ4v) is 2.49. The Hall–Kier alpha value is -2.74. The van der Waals surface area contributed by atoms with Crippen molar-refractivity contribution in [2.75, 3.05) is 5.32 Å². The summed E-state index contributed by atoms with van der Waals surface area (Å²) in [5.74, 6) is -0.493. The number of hydrogen-bond acceptors (Lipinski definition) is 5. The molecule has 0 bridgehead atoms. The lowest BCUT2D eigenvalue weighted by Crippen LogP contribution is -2.23. The normalized spacial score (nSPS) is 10.4. The third kappa shape index (κ3) is 3.29. The molecule has 112 valence electrons. The van der Waals surface area contributed by atoms with Crippen molar-refractivity contribution in [3.63, 3.8) is 0 Å². The smallest absolute Gasteiger partial charge is 0.276 e. The van der Waals surface area contributed by atoms with Gasteiger partial charge in [0.25, 0.3) is 5.91 Å². The second kappa shape index (κ2) is 6.35. The van der Waals surface area contributed by atoms with Crippen molar-refractivity contribution < 1.29 is 9.18 Å². The minimum atomic E-state index is -0.378. The molecule has 0 radical (unpaired) electrons. The summed E-state index contributed by atoms with van der Waals surface area (Å²) in [6.07, 6.45) is 0. The quantitative estimate of drug-likeness (QED) is 0.675. The number of thiophene rings is 1. The Bertz CT molecular complexity index is 771. The van der Waals surface area contributed by atoms with Crippen LogP contribution in [0.1, 0.15) is 15.4 Å². The number of aromatic nitrogens is 3. The van der Waals surface area contributed by atoms with Crippen LogP contribution in [0, 0.1) is 5.82 Å². The summed E-state index contributed by atoms with van der Waals surface area (Å²) in [5, 5.41) is 17.7. The highest BCUT2D eigenvalue weighted by molar-refractivity contribution is 7.09. The molecule has 0 atom stereocenters. The lowest BCUT2D eigenvalue weighted by molar-refractivity contribution is 0.0947. The molecule has 3 rings (SSSR count). The van der Waals surface area contributed by atoms with Gasteiger partial charge in [0, 0.05) is 10.6 Å². The van der Waals surface area contributed by atoms with E-state index in [1.54, 1.807) is 23.5 Å². The third-order valence-electron chi connectivity index (χ3n) is 2.85. The minimum absolute atomic E-state index is 0.126. The molecule has 0 saturated heterocycles. The standard InChI is InChI=1S/C14H12FN5OS/c15-9-3-1-4-10(7-9)17-13-12(18-20-19-13)14(21)16-8-11-5-2-6-22-11/h1-7H,8H2,(H,16,21)(H2,17,18,19,20). The fourth-order valence-electron chi connectivity index (χ4n) is 1.84. The van der Waals surface area contributed by atoms with Gasteiger partial charge in [-0.2, -0.15) is 5.21 Å². The Balaban J connectivity index is 1.70. The number of nitrogens with zero attached hydrogens (tertiary/aromatic N) is 2. The monoisotopic (exact) mass is 317 g/mol. The number of carbonyl (C=O) groups excluding carboxylic acids is 1. The Labute approximate surface area is 129 Å². The van der Waals surface area contributed by atoms with E-state index in [1.807, 2.05) is 17.5 Å². The van der Waals surface area contributed by atoms with Crippen molar-refractivity contribution in [2.45, 2.75) is 6.54 Å². The lowest BCUT2D eigenvalue weighted by Gasteiger charge is -2.05. The fraction of sp³-hybridized carbons (Fsp3) is 0.0714. The van der Waals surface area contributed by atoms with Crippen molar-refractivity contribution in [2.24, 2.45) is 0 Å². The largest absolute Gasteiger partial charge is 0.346 e. The number of hydrogen-bond donors (Lipinski definition) is 3. The first-order chi connectivity index (χ1) is 10.7. The number of carbonyl (C=O) groups is 1.